The van der Waals surface area contributed by atoms with Gasteiger partial charge in [-0.2, -0.15) is 0 Å². The lowest BCUT2D eigenvalue weighted by Gasteiger charge is -2.23. The number of amides is 1. The van der Waals surface area contributed by atoms with Gasteiger partial charge in [0.1, 0.15) is 0 Å². The molecule has 0 radical (unpaired) electrons. The predicted molar refractivity (Wildman–Crippen MR) is 93.7 cm³/mol. The Balaban J connectivity index is 1.74. The molecule has 1 amide bonds. The molecule has 3 heterocycles. The molecule has 0 aliphatic carbocycles. The number of likely N-dealkylation sites (tertiary alicyclic amines) is 1. The van der Waals surface area contributed by atoms with Crippen molar-refractivity contribution in [3.05, 3.63) is 39.9 Å². The van der Waals surface area contributed by atoms with E-state index in [1.54, 1.807) is 17.5 Å². The van der Waals surface area contributed by atoms with E-state index in [-0.39, 0.29) is 11.9 Å². The third-order valence-corrected chi connectivity index (χ3v) is 4.90. The summed E-state index contributed by atoms with van der Waals surface area (Å²) in [6.07, 6.45) is 4.07. The highest BCUT2D eigenvalue weighted by atomic mass is 32.1. The molecular formula is C17H23N5OS. The Morgan fingerprint density at radius 3 is 2.92 bits per heavy atom. The van der Waals surface area contributed by atoms with Gasteiger partial charge in [0.05, 0.1) is 28.9 Å². The van der Waals surface area contributed by atoms with Crippen molar-refractivity contribution in [3.63, 3.8) is 0 Å². The second kappa shape index (κ2) is 7.36. The van der Waals surface area contributed by atoms with Gasteiger partial charge in [0.2, 0.25) is 5.91 Å². The molecule has 0 spiro atoms. The third kappa shape index (κ3) is 3.96. The molecule has 128 valence electrons. The van der Waals surface area contributed by atoms with Crippen molar-refractivity contribution in [2.75, 3.05) is 20.6 Å². The maximum atomic E-state index is 12.7. The molecule has 0 saturated carbocycles. The highest BCUT2D eigenvalue weighted by molar-refractivity contribution is 7.09. The average Bonchev–Trinajstić information content (AvgIpc) is 3.16. The summed E-state index contributed by atoms with van der Waals surface area (Å²) in [6.45, 7) is 3.50. The Morgan fingerprint density at radius 1 is 1.38 bits per heavy atom. The Labute approximate surface area is 146 Å². The standard InChI is InChI=1S/C17H23N5OS/c1-12-19-14(11-24-12)9-16(23)22-8-4-5-15(22)17-18-7-6-13(20-17)10-21(2)3/h6-7,11,15H,4-5,8-10H2,1-3H3/t15-/m1/s1. The van der Waals surface area contributed by atoms with Crippen molar-refractivity contribution in [1.29, 1.82) is 0 Å². The van der Waals surface area contributed by atoms with Crippen LogP contribution in [0.5, 0.6) is 0 Å². The van der Waals surface area contributed by atoms with Crippen LogP contribution in [0.2, 0.25) is 0 Å². The number of carbonyl (C=O) groups excluding carboxylic acids is 1. The molecule has 7 heteroatoms. The van der Waals surface area contributed by atoms with E-state index in [0.29, 0.717) is 6.42 Å². The maximum absolute atomic E-state index is 12.7. The quantitative estimate of drug-likeness (QED) is 0.831. The molecule has 1 aliphatic heterocycles. The lowest BCUT2D eigenvalue weighted by molar-refractivity contribution is -0.131. The molecule has 0 N–H and O–H groups in total. The number of aromatic nitrogens is 3. The van der Waals surface area contributed by atoms with E-state index in [1.807, 2.05) is 37.4 Å². The minimum Gasteiger partial charge on any atom is -0.332 e. The Hall–Kier alpha value is -1.86. The fourth-order valence-corrected chi connectivity index (χ4v) is 3.68. The van der Waals surface area contributed by atoms with Gasteiger partial charge in [0, 0.05) is 24.7 Å². The molecule has 1 aliphatic rings. The first-order chi connectivity index (χ1) is 11.5. The first-order valence-corrected chi connectivity index (χ1v) is 9.08. The van der Waals surface area contributed by atoms with Gasteiger partial charge in [0.25, 0.3) is 0 Å². The topological polar surface area (TPSA) is 62.2 Å². The molecule has 6 nitrogen and oxygen atoms in total. The van der Waals surface area contributed by atoms with Crippen LogP contribution in [0.4, 0.5) is 0 Å². The highest BCUT2D eigenvalue weighted by Crippen LogP contribution is 2.30. The predicted octanol–water partition coefficient (Wildman–Crippen LogP) is 2.21. The van der Waals surface area contributed by atoms with Crippen molar-refractivity contribution in [2.45, 2.75) is 38.8 Å². The summed E-state index contributed by atoms with van der Waals surface area (Å²) >= 11 is 1.58. The van der Waals surface area contributed by atoms with Gasteiger partial charge in [-0.25, -0.2) is 15.0 Å². The first-order valence-electron chi connectivity index (χ1n) is 8.20. The van der Waals surface area contributed by atoms with E-state index in [1.165, 1.54) is 0 Å². The number of carbonyl (C=O) groups is 1. The van der Waals surface area contributed by atoms with E-state index in [9.17, 15) is 4.79 Å². The lowest BCUT2D eigenvalue weighted by atomic mass is 10.2. The van der Waals surface area contributed by atoms with Crippen molar-refractivity contribution >= 4 is 17.2 Å². The van der Waals surface area contributed by atoms with Gasteiger partial charge in [-0.1, -0.05) is 0 Å². The molecule has 2 aromatic heterocycles. The molecular weight excluding hydrogens is 322 g/mol. The van der Waals surface area contributed by atoms with Crippen LogP contribution in [0.25, 0.3) is 0 Å². The van der Waals surface area contributed by atoms with Gasteiger partial charge in [-0.3, -0.25) is 4.79 Å². The number of nitrogens with zero attached hydrogens (tertiary/aromatic N) is 5. The first kappa shape index (κ1) is 17.0. The van der Waals surface area contributed by atoms with E-state index in [0.717, 1.165) is 48.2 Å². The van der Waals surface area contributed by atoms with Crippen molar-refractivity contribution in [2.24, 2.45) is 0 Å². The van der Waals surface area contributed by atoms with Crippen LogP contribution in [0.1, 0.15) is 41.1 Å². The summed E-state index contributed by atoms with van der Waals surface area (Å²) in [5.74, 6) is 0.874. The largest absolute Gasteiger partial charge is 0.332 e. The van der Waals surface area contributed by atoms with Gasteiger partial charge >= 0.3 is 0 Å². The van der Waals surface area contributed by atoms with Gasteiger partial charge in [-0.15, -0.1) is 11.3 Å². The van der Waals surface area contributed by atoms with Crippen molar-refractivity contribution < 1.29 is 4.79 Å². The maximum Gasteiger partial charge on any atom is 0.229 e. The molecule has 0 bridgehead atoms. The Bertz CT molecular complexity index is 715. The highest BCUT2D eigenvalue weighted by Gasteiger charge is 2.32. The van der Waals surface area contributed by atoms with Crippen LogP contribution in [0.3, 0.4) is 0 Å². The average molecular weight is 345 g/mol. The summed E-state index contributed by atoms with van der Waals surface area (Å²) in [5, 5.41) is 2.96. The van der Waals surface area contributed by atoms with Gasteiger partial charge in [0.15, 0.2) is 5.82 Å². The third-order valence-electron chi connectivity index (χ3n) is 4.08. The second-order valence-corrected chi connectivity index (χ2v) is 7.49. The zero-order valence-corrected chi connectivity index (χ0v) is 15.2. The van der Waals surface area contributed by atoms with E-state index in [4.69, 9.17) is 0 Å². The van der Waals surface area contributed by atoms with Gasteiger partial charge in [-0.05, 0) is 39.9 Å². The molecule has 1 fully saturated rings. The molecule has 0 aromatic carbocycles. The van der Waals surface area contributed by atoms with Crippen LogP contribution < -0.4 is 0 Å². The van der Waals surface area contributed by atoms with Crippen LogP contribution >= 0.6 is 11.3 Å². The molecule has 0 unspecified atom stereocenters. The zero-order chi connectivity index (χ0) is 17.1. The normalized spacial score (nSPS) is 17.7. The summed E-state index contributed by atoms with van der Waals surface area (Å²) in [6, 6.07) is 1.92. The van der Waals surface area contributed by atoms with E-state index < -0.39 is 0 Å². The molecule has 3 rings (SSSR count). The summed E-state index contributed by atoms with van der Waals surface area (Å²) in [5.41, 5.74) is 1.84. The Morgan fingerprint density at radius 2 is 2.21 bits per heavy atom. The summed E-state index contributed by atoms with van der Waals surface area (Å²) < 4.78 is 0. The van der Waals surface area contributed by atoms with Gasteiger partial charge < -0.3 is 9.80 Å². The zero-order valence-electron chi connectivity index (χ0n) is 14.4. The van der Waals surface area contributed by atoms with Crippen LogP contribution in [-0.4, -0.2) is 51.3 Å². The number of hydrogen-bond donors (Lipinski definition) is 0. The number of hydrogen-bond acceptors (Lipinski definition) is 6. The van der Waals surface area contributed by atoms with E-state index in [2.05, 4.69) is 19.9 Å². The van der Waals surface area contributed by atoms with Crippen LogP contribution in [0.15, 0.2) is 17.6 Å². The second-order valence-electron chi connectivity index (χ2n) is 6.42. The lowest BCUT2D eigenvalue weighted by Crippen LogP contribution is -2.33. The molecule has 1 atom stereocenters. The number of aryl methyl sites for hydroxylation is 1. The fraction of sp³-hybridized carbons (Fsp3) is 0.529. The molecule has 24 heavy (non-hydrogen) atoms. The molecule has 2 aromatic rings. The summed E-state index contributed by atoms with van der Waals surface area (Å²) in [7, 11) is 4.03. The smallest absolute Gasteiger partial charge is 0.229 e. The van der Waals surface area contributed by atoms with Crippen molar-refractivity contribution in [1.82, 2.24) is 24.8 Å². The fourth-order valence-electron chi connectivity index (χ4n) is 3.07. The minimum absolute atomic E-state index is 0.0145. The monoisotopic (exact) mass is 345 g/mol. The minimum atomic E-state index is -0.0145. The number of thiazole rings is 1. The SMILES string of the molecule is Cc1nc(CC(=O)N2CCC[C@@H]2c2nccc(CN(C)C)n2)cs1. The molecule has 1 saturated heterocycles. The van der Waals surface area contributed by atoms with Crippen LogP contribution in [0, 0.1) is 6.92 Å². The summed E-state index contributed by atoms with van der Waals surface area (Å²) in [4.78, 5) is 30.2. The number of rotatable bonds is 5. The van der Waals surface area contributed by atoms with E-state index >= 15 is 0 Å². The van der Waals surface area contributed by atoms with Crippen LogP contribution in [-0.2, 0) is 17.8 Å². The Kier molecular flexibility index (Phi) is 5.20. The van der Waals surface area contributed by atoms with Crippen molar-refractivity contribution in [3.8, 4) is 0 Å².